The third kappa shape index (κ3) is 1.05. The number of nitrogens with two attached hydrogens (primary N) is 1. The van der Waals surface area contributed by atoms with E-state index in [2.05, 4.69) is 10.2 Å². The summed E-state index contributed by atoms with van der Waals surface area (Å²) in [4.78, 5) is 1.09. The molecule has 1 rings (SSSR count). The zero-order valence-corrected chi connectivity index (χ0v) is 6.42. The molecule has 54 valence electrons. The SMILES string of the molecule is Cc1n[n+](N)nc(C)c1C. The van der Waals surface area contributed by atoms with Crippen molar-refractivity contribution in [3.63, 3.8) is 0 Å². The standard InChI is InChI=1S/C6H11N4/c1-4-5(2)8-10(7)9-6(4)3/h1-3H3,(H2,7,8,9)/q+1. The molecule has 0 saturated heterocycles. The minimum Gasteiger partial charge on any atom is -0.154 e. The first kappa shape index (κ1) is 6.92. The summed E-state index contributed by atoms with van der Waals surface area (Å²) in [6.45, 7) is 5.80. The van der Waals surface area contributed by atoms with Gasteiger partial charge in [0, 0.05) is 5.56 Å². The molecular weight excluding hydrogens is 128 g/mol. The molecule has 0 aromatic carbocycles. The molecule has 1 heterocycles. The number of nitrogen functional groups attached to an aromatic ring is 1. The van der Waals surface area contributed by atoms with Gasteiger partial charge in [-0.3, -0.25) is 0 Å². The molecule has 0 aliphatic carbocycles. The number of aryl methyl sites for hydroxylation is 2. The molecule has 0 saturated carbocycles. The maximum absolute atomic E-state index is 5.32. The quantitative estimate of drug-likeness (QED) is 0.386. The molecule has 0 aliphatic rings. The molecule has 4 nitrogen and oxygen atoms in total. The Morgan fingerprint density at radius 2 is 1.50 bits per heavy atom. The predicted octanol–water partition coefficient (Wildman–Crippen LogP) is -0.597. The van der Waals surface area contributed by atoms with Crippen LogP contribution in [-0.2, 0) is 0 Å². The molecule has 0 spiro atoms. The van der Waals surface area contributed by atoms with Gasteiger partial charge in [0.1, 0.15) is 16.3 Å². The lowest BCUT2D eigenvalue weighted by atomic mass is 10.2. The third-order valence-electron chi connectivity index (χ3n) is 1.59. The molecule has 0 radical (unpaired) electrons. The zero-order valence-electron chi connectivity index (χ0n) is 6.42. The van der Waals surface area contributed by atoms with Gasteiger partial charge in [0.15, 0.2) is 0 Å². The minimum atomic E-state index is 0.926. The maximum atomic E-state index is 5.32. The van der Waals surface area contributed by atoms with Crippen molar-refractivity contribution in [2.75, 3.05) is 5.84 Å². The van der Waals surface area contributed by atoms with Gasteiger partial charge in [-0.1, -0.05) is 0 Å². The van der Waals surface area contributed by atoms with Crippen molar-refractivity contribution in [1.82, 2.24) is 10.2 Å². The molecule has 10 heavy (non-hydrogen) atoms. The van der Waals surface area contributed by atoms with Crippen molar-refractivity contribution in [3.05, 3.63) is 17.0 Å². The number of rotatable bonds is 0. The molecule has 0 atom stereocenters. The highest BCUT2D eigenvalue weighted by Crippen LogP contribution is 2.01. The summed E-state index contributed by atoms with van der Waals surface area (Å²) in [5, 5.41) is 7.83. The molecule has 2 N–H and O–H groups in total. The van der Waals surface area contributed by atoms with Crippen LogP contribution in [0.1, 0.15) is 17.0 Å². The molecule has 0 bridgehead atoms. The van der Waals surface area contributed by atoms with Crippen LogP contribution >= 0.6 is 0 Å². The highest BCUT2D eigenvalue weighted by atomic mass is 15.6. The molecule has 0 aliphatic heterocycles. The van der Waals surface area contributed by atoms with E-state index in [0.717, 1.165) is 21.9 Å². The molecule has 0 unspecified atom stereocenters. The predicted molar refractivity (Wildman–Crippen MR) is 36.6 cm³/mol. The Bertz CT molecular complexity index is 233. The first-order valence-electron chi connectivity index (χ1n) is 3.11. The maximum Gasteiger partial charge on any atom is 0.147 e. The van der Waals surface area contributed by atoms with Crippen LogP contribution in [0.2, 0.25) is 0 Å². The van der Waals surface area contributed by atoms with E-state index in [4.69, 9.17) is 5.84 Å². The molecule has 0 fully saturated rings. The van der Waals surface area contributed by atoms with Crippen LogP contribution < -0.4 is 10.7 Å². The van der Waals surface area contributed by atoms with Crippen LogP contribution in [-0.4, -0.2) is 10.2 Å². The second kappa shape index (κ2) is 2.21. The van der Waals surface area contributed by atoms with Crippen molar-refractivity contribution in [2.24, 2.45) is 0 Å². The Morgan fingerprint density at radius 3 is 1.90 bits per heavy atom. The zero-order chi connectivity index (χ0) is 7.72. The fraction of sp³-hybridized carbons (Fsp3) is 0.500. The van der Waals surface area contributed by atoms with Crippen LogP contribution in [0.4, 0.5) is 0 Å². The summed E-state index contributed by atoms with van der Waals surface area (Å²) in [5.74, 6) is 5.32. The first-order valence-corrected chi connectivity index (χ1v) is 3.11. The van der Waals surface area contributed by atoms with Gasteiger partial charge in [-0.2, -0.15) is 5.84 Å². The van der Waals surface area contributed by atoms with Gasteiger partial charge in [-0.25, -0.2) is 0 Å². The van der Waals surface area contributed by atoms with E-state index in [9.17, 15) is 0 Å². The van der Waals surface area contributed by atoms with Crippen LogP contribution in [0.15, 0.2) is 0 Å². The van der Waals surface area contributed by atoms with Crippen molar-refractivity contribution in [1.29, 1.82) is 0 Å². The number of aromatic nitrogens is 3. The van der Waals surface area contributed by atoms with E-state index in [1.165, 1.54) is 0 Å². The fourth-order valence-electron chi connectivity index (χ4n) is 0.742. The Hall–Kier alpha value is -1.19. The lowest BCUT2D eigenvalue weighted by molar-refractivity contribution is -0.759. The second-order valence-corrected chi connectivity index (χ2v) is 2.32. The summed E-state index contributed by atoms with van der Waals surface area (Å²) < 4.78 is 0. The van der Waals surface area contributed by atoms with Gasteiger partial charge < -0.3 is 0 Å². The van der Waals surface area contributed by atoms with Gasteiger partial charge in [-0.15, -0.1) is 0 Å². The van der Waals surface area contributed by atoms with Crippen LogP contribution in [0, 0.1) is 20.8 Å². The minimum absolute atomic E-state index is 0.926. The summed E-state index contributed by atoms with van der Waals surface area (Å²) in [5.41, 5.74) is 2.95. The molecule has 4 heteroatoms. The number of hydrogen-bond donors (Lipinski definition) is 1. The molecular formula is C6H11N4+. The fourth-order valence-corrected chi connectivity index (χ4v) is 0.742. The van der Waals surface area contributed by atoms with E-state index >= 15 is 0 Å². The normalized spacial score (nSPS) is 9.90. The average molecular weight is 139 g/mol. The van der Waals surface area contributed by atoms with E-state index in [-0.39, 0.29) is 0 Å². The van der Waals surface area contributed by atoms with E-state index in [1.807, 2.05) is 20.8 Å². The second-order valence-electron chi connectivity index (χ2n) is 2.32. The van der Waals surface area contributed by atoms with Gasteiger partial charge in [-0.05, 0) is 20.8 Å². The van der Waals surface area contributed by atoms with E-state index in [1.54, 1.807) is 0 Å². The highest BCUT2D eigenvalue weighted by molar-refractivity contribution is 5.17. The molecule has 1 aromatic rings. The lowest BCUT2D eigenvalue weighted by Crippen LogP contribution is -2.52. The van der Waals surface area contributed by atoms with Crippen LogP contribution in [0.5, 0.6) is 0 Å². The highest BCUT2D eigenvalue weighted by Gasteiger charge is 2.06. The largest absolute Gasteiger partial charge is 0.154 e. The Kier molecular flexibility index (Phi) is 1.53. The van der Waals surface area contributed by atoms with Crippen molar-refractivity contribution < 1.29 is 4.91 Å². The van der Waals surface area contributed by atoms with Crippen molar-refractivity contribution in [2.45, 2.75) is 20.8 Å². The number of hydrogen-bond acceptors (Lipinski definition) is 3. The third-order valence-corrected chi connectivity index (χ3v) is 1.59. The summed E-state index contributed by atoms with van der Waals surface area (Å²) >= 11 is 0. The van der Waals surface area contributed by atoms with Gasteiger partial charge in [0.25, 0.3) is 0 Å². The number of nitrogens with zero attached hydrogens (tertiary/aromatic N) is 3. The smallest absolute Gasteiger partial charge is 0.147 e. The first-order chi connectivity index (χ1) is 4.61. The lowest BCUT2D eigenvalue weighted by Gasteiger charge is -1.94. The monoisotopic (exact) mass is 139 g/mol. The summed E-state index contributed by atoms with van der Waals surface area (Å²) in [7, 11) is 0. The van der Waals surface area contributed by atoms with Crippen molar-refractivity contribution in [3.8, 4) is 0 Å². The van der Waals surface area contributed by atoms with Crippen LogP contribution in [0.25, 0.3) is 0 Å². The Balaban J connectivity index is 3.31. The van der Waals surface area contributed by atoms with Gasteiger partial charge >= 0.3 is 0 Å². The van der Waals surface area contributed by atoms with Gasteiger partial charge in [0.05, 0.1) is 10.2 Å². The van der Waals surface area contributed by atoms with Crippen molar-refractivity contribution >= 4 is 0 Å². The molecule has 1 aromatic heterocycles. The Morgan fingerprint density at radius 1 is 1.10 bits per heavy atom. The topological polar surface area (TPSA) is 55.7 Å². The Labute approximate surface area is 59.6 Å². The van der Waals surface area contributed by atoms with Crippen LogP contribution in [0.3, 0.4) is 0 Å². The average Bonchev–Trinajstić information content (AvgIpc) is 1.82. The summed E-state index contributed by atoms with van der Waals surface area (Å²) in [6, 6.07) is 0. The van der Waals surface area contributed by atoms with E-state index in [0.29, 0.717) is 0 Å². The van der Waals surface area contributed by atoms with Gasteiger partial charge in [0.2, 0.25) is 0 Å². The summed E-state index contributed by atoms with van der Waals surface area (Å²) in [6.07, 6.45) is 0. The molecule has 0 amide bonds. The van der Waals surface area contributed by atoms with E-state index < -0.39 is 0 Å².